The van der Waals surface area contributed by atoms with Gasteiger partial charge >= 0.3 is 5.97 Å². The number of amides is 1. The molecule has 2 aromatic heterocycles. The van der Waals surface area contributed by atoms with Crippen molar-refractivity contribution in [3.05, 3.63) is 62.0 Å². The van der Waals surface area contributed by atoms with Gasteiger partial charge in [-0.3, -0.25) is 14.4 Å². The number of benzene rings is 1. The van der Waals surface area contributed by atoms with E-state index in [1.807, 2.05) is 32.9 Å². The largest absolute Gasteiger partial charge is 0.456 e. The first-order valence-electron chi connectivity index (χ1n) is 8.35. The molecule has 0 aliphatic carbocycles. The number of H-pyrrole nitrogens is 1. The normalized spacial score (nSPS) is 10.8. The van der Waals surface area contributed by atoms with E-state index < -0.39 is 5.97 Å². The van der Waals surface area contributed by atoms with E-state index in [4.69, 9.17) is 4.74 Å². The first-order valence-corrected chi connectivity index (χ1v) is 9.17. The zero-order valence-electron chi connectivity index (χ0n) is 15.2. The van der Waals surface area contributed by atoms with Crippen molar-refractivity contribution in [2.75, 3.05) is 6.54 Å². The van der Waals surface area contributed by atoms with Crippen molar-refractivity contribution in [3.63, 3.8) is 0 Å². The average molecular weight is 385 g/mol. The van der Waals surface area contributed by atoms with Crippen LogP contribution < -0.4 is 10.9 Å². The van der Waals surface area contributed by atoms with Crippen molar-refractivity contribution in [1.82, 2.24) is 15.3 Å². The van der Waals surface area contributed by atoms with E-state index in [-0.39, 0.29) is 30.4 Å². The third kappa shape index (κ3) is 4.06. The summed E-state index contributed by atoms with van der Waals surface area (Å²) in [6, 6.07) is 7.10. The maximum absolute atomic E-state index is 12.2. The van der Waals surface area contributed by atoms with Crippen molar-refractivity contribution in [1.29, 1.82) is 0 Å². The second kappa shape index (κ2) is 7.71. The lowest BCUT2D eigenvalue weighted by Gasteiger charge is -2.08. The number of aromatic amines is 1. The van der Waals surface area contributed by atoms with Crippen molar-refractivity contribution < 1.29 is 14.3 Å². The summed E-state index contributed by atoms with van der Waals surface area (Å²) in [6.07, 6.45) is 0. The number of ether oxygens (including phenoxy) is 1. The fraction of sp³-hybridized carbons (Fsp3) is 0.263. The molecule has 2 heterocycles. The summed E-state index contributed by atoms with van der Waals surface area (Å²) in [4.78, 5) is 44.8. The van der Waals surface area contributed by atoms with Gasteiger partial charge in [0.2, 0.25) is 0 Å². The summed E-state index contributed by atoms with van der Waals surface area (Å²) >= 11 is 1.43. The van der Waals surface area contributed by atoms with Gasteiger partial charge in [0.05, 0.1) is 5.39 Å². The predicted molar refractivity (Wildman–Crippen MR) is 103 cm³/mol. The Hall–Kier alpha value is -3.00. The molecule has 0 unspecified atom stereocenters. The summed E-state index contributed by atoms with van der Waals surface area (Å²) in [5.41, 5.74) is 1.98. The molecule has 3 aromatic rings. The van der Waals surface area contributed by atoms with Crippen LogP contribution in [0.15, 0.2) is 29.1 Å². The Morgan fingerprint density at radius 2 is 1.96 bits per heavy atom. The summed E-state index contributed by atoms with van der Waals surface area (Å²) < 4.78 is 5.10. The summed E-state index contributed by atoms with van der Waals surface area (Å²) in [7, 11) is 0. The van der Waals surface area contributed by atoms with Crippen LogP contribution >= 0.6 is 11.3 Å². The minimum absolute atomic E-state index is 0.166. The van der Waals surface area contributed by atoms with Crippen molar-refractivity contribution in [3.8, 4) is 0 Å². The van der Waals surface area contributed by atoms with Crippen LogP contribution in [-0.2, 0) is 16.1 Å². The van der Waals surface area contributed by atoms with Crippen LogP contribution in [0.3, 0.4) is 0 Å². The molecule has 0 spiro atoms. The SMILES string of the molecule is Cc1ccccc1C(=O)NCC(=O)OCc1nc2sc(C)c(C)c2c(=O)[nH]1. The van der Waals surface area contributed by atoms with Crippen LogP contribution in [0.5, 0.6) is 0 Å². The van der Waals surface area contributed by atoms with Gasteiger partial charge in [-0.2, -0.15) is 0 Å². The molecule has 3 rings (SSSR count). The molecule has 0 saturated carbocycles. The molecule has 7 nitrogen and oxygen atoms in total. The van der Waals surface area contributed by atoms with Crippen molar-refractivity contribution in [2.24, 2.45) is 0 Å². The fourth-order valence-corrected chi connectivity index (χ4v) is 3.69. The Bertz CT molecular complexity index is 1080. The smallest absolute Gasteiger partial charge is 0.325 e. The van der Waals surface area contributed by atoms with Crippen LogP contribution in [0.1, 0.15) is 32.2 Å². The second-order valence-corrected chi connectivity index (χ2v) is 7.34. The highest BCUT2D eigenvalue weighted by Crippen LogP contribution is 2.25. The number of esters is 1. The van der Waals surface area contributed by atoms with Crippen LogP contribution in [0.2, 0.25) is 0 Å². The number of nitrogens with one attached hydrogen (secondary N) is 2. The number of aromatic nitrogens is 2. The summed E-state index contributed by atoms with van der Waals surface area (Å²) in [5.74, 6) is -0.687. The Labute approximate surface area is 159 Å². The van der Waals surface area contributed by atoms with Gasteiger partial charge in [0.25, 0.3) is 11.5 Å². The lowest BCUT2D eigenvalue weighted by Crippen LogP contribution is -2.31. The summed E-state index contributed by atoms with van der Waals surface area (Å²) in [6.45, 7) is 5.19. The number of aryl methyl sites for hydroxylation is 3. The molecule has 1 aromatic carbocycles. The van der Waals surface area contributed by atoms with E-state index >= 15 is 0 Å². The molecule has 2 N–H and O–H groups in total. The lowest BCUT2D eigenvalue weighted by molar-refractivity contribution is -0.143. The molecule has 0 aliphatic heterocycles. The molecule has 0 radical (unpaired) electrons. The first kappa shape index (κ1) is 18.8. The minimum atomic E-state index is -0.613. The standard InChI is InChI=1S/C19H19N3O4S/c1-10-6-4-5-7-13(10)17(24)20-8-15(23)26-9-14-21-18(25)16-11(2)12(3)27-19(16)22-14/h4-7H,8-9H2,1-3H3,(H,20,24)(H,21,22,25). The maximum Gasteiger partial charge on any atom is 0.325 e. The van der Waals surface area contributed by atoms with Gasteiger partial charge in [-0.25, -0.2) is 4.98 Å². The highest BCUT2D eigenvalue weighted by molar-refractivity contribution is 7.18. The van der Waals surface area contributed by atoms with Crippen LogP contribution in [0, 0.1) is 20.8 Å². The first-order chi connectivity index (χ1) is 12.9. The van der Waals surface area contributed by atoms with Gasteiger partial charge in [-0.15, -0.1) is 11.3 Å². The Balaban J connectivity index is 1.59. The van der Waals surface area contributed by atoms with Crippen molar-refractivity contribution in [2.45, 2.75) is 27.4 Å². The van der Waals surface area contributed by atoms with E-state index in [0.29, 0.717) is 15.8 Å². The molecule has 0 bridgehead atoms. The third-order valence-corrected chi connectivity index (χ3v) is 5.34. The zero-order valence-corrected chi connectivity index (χ0v) is 16.0. The number of carbonyl (C=O) groups is 2. The number of carbonyl (C=O) groups excluding carboxylic acids is 2. The van der Waals surface area contributed by atoms with Gasteiger partial charge in [-0.05, 0) is 38.0 Å². The molecule has 1 amide bonds. The predicted octanol–water partition coefficient (Wildman–Crippen LogP) is 2.38. The van der Waals surface area contributed by atoms with E-state index in [0.717, 1.165) is 16.0 Å². The van der Waals surface area contributed by atoms with E-state index in [9.17, 15) is 14.4 Å². The number of hydrogen-bond acceptors (Lipinski definition) is 6. The molecule has 8 heteroatoms. The van der Waals surface area contributed by atoms with E-state index in [1.54, 1.807) is 12.1 Å². The van der Waals surface area contributed by atoms with Crippen molar-refractivity contribution >= 4 is 33.4 Å². The number of rotatable bonds is 5. The van der Waals surface area contributed by atoms with Crippen LogP contribution in [0.4, 0.5) is 0 Å². The quantitative estimate of drug-likeness (QED) is 0.657. The topological polar surface area (TPSA) is 101 Å². The Morgan fingerprint density at radius 3 is 2.70 bits per heavy atom. The molecule has 140 valence electrons. The lowest BCUT2D eigenvalue weighted by atomic mass is 10.1. The van der Waals surface area contributed by atoms with Gasteiger partial charge in [-0.1, -0.05) is 18.2 Å². The zero-order chi connectivity index (χ0) is 19.6. The number of thiophene rings is 1. The highest BCUT2D eigenvalue weighted by atomic mass is 32.1. The highest BCUT2D eigenvalue weighted by Gasteiger charge is 2.14. The fourth-order valence-electron chi connectivity index (χ4n) is 2.64. The average Bonchev–Trinajstić information content (AvgIpc) is 2.92. The number of hydrogen-bond donors (Lipinski definition) is 2. The second-order valence-electron chi connectivity index (χ2n) is 6.13. The molecule has 0 saturated heterocycles. The van der Waals surface area contributed by atoms with Gasteiger partial charge in [0.1, 0.15) is 23.8 Å². The summed E-state index contributed by atoms with van der Waals surface area (Å²) in [5, 5.41) is 3.09. The molecule has 0 atom stereocenters. The number of fused-ring (bicyclic) bond motifs is 1. The van der Waals surface area contributed by atoms with Gasteiger partial charge < -0.3 is 15.0 Å². The number of nitrogens with zero attached hydrogens (tertiary/aromatic N) is 1. The third-order valence-electron chi connectivity index (χ3n) is 4.24. The molecule has 0 aliphatic rings. The maximum atomic E-state index is 12.2. The van der Waals surface area contributed by atoms with Gasteiger partial charge in [0, 0.05) is 10.4 Å². The van der Waals surface area contributed by atoms with E-state index in [1.165, 1.54) is 11.3 Å². The van der Waals surface area contributed by atoms with Gasteiger partial charge in [0.15, 0.2) is 0 Å². The van der Waals surface area contributed by atoms with Crippen LogP contribution in [0.25, 0.3) is 10.2 Å². The molecular formula is C19H19N3O4S. The minimum Gasteiger partial charge on any atom is -0.456 e. The Kier molecular flexibility index (Phi) is 5.36. The van der Waals surface area contributed by atoms with E-state index in [2.05, 4.69) is 15.3 Å². The van der Waals surface area contributed by atoms with Crippen LogP contribution in [-0.4, -0.2) is 28.4 Å². The molecule has 27 heavy (non-hydrogen) atoms. The Morgan fingerprint density at radius 1 is 1.22 bits per heavy atom. The molecular weight excluding hydrogens is 366 g/mol. The monoisotopic (exact) mass is 385 g/mol. The molecule has 0 fully saturated rings.